The van der Waals surface area contributed by atoms with Crippen LogP contribution in [0.2, 0.25) is 0 Å². The lowest BCUT2D eigenvalue weighted by Gasteiger charge is -2.14. The van der Waals surface area contributed by atoms with Gasteiger partial charge in [-0.1, -0.05) is 12.8 Å². The predicted molar refractivity (Wildman–Crippen MR) is 61.1 cm³/mol. The highest BCUT2D eigenvalue weighted by molar-refractivity contribution is 5.99. The first kappa shape index (κ1) is 9.96. The van der Waals surface area contributed by atoms with Gasteiger partial charge in [0, 0.05) is 12.2 Å². The molecule has 4 nitrogen and oxygen atoms in total. The van der Waals surface area contributed by atoms with Crippen LogP contribution in [0.3, 0.4) is 0 Å². The molecule has 0 spiro atoms. The predicted octanol–water partition coefficient (Wildman–Crippen LogP) is 1.72. The molecule has 0 radical (unpaired) electrons. The van der Waals surface area contributed by atoms with E-state index in [4.69, 9.17) is 11.1 Å². The van der Waals surface area contributed by atoms with Gasteiger partial charge < -0.3 is 11.1 Å². The van der Waals surface area contributed by atoms with E-state index in [1.807, 2.05) is 6.07 Å². The maximum absolute atomic E-state index is 7.45. The Morgan fingerprint density at radius 3 is 2.87 bits per heavy atom. The maximum Gasteiger partial charge on any atom is 0.137 e. The Labute approximate surface area is 89.4 Å². The topological polar surface area (TPSA) is 74.8 Å². The molecule has 0 unspecified atom stereocenters. The van der Waals surface area contributed by atoms with Crippen LogP contribution in [-0.2, 0) is 0 Å². The summed E-state index contributed by atoms with van der Waals surface area (Å²) in [5.74, 6) is 0.820. The van der Waals surface area contributed by atoms with Gasteiger partial charge in [0.2, 0.25) is 0 Å². The van der Waals surface area contributed by atoms with Crippen LogP contribution in [0.25, 0.3) is 0 Å². The van der Waals surface area contributed by atoms with Gasteiger partial charge in [-0.2, -0.15) is 0 Å². The van der Waals surface area contributed by atoms with Crippen LogP contribution in [0, 0.1) is 5.41 Å². The largest absolute Gasteiger partial charge is 0.384 e. The number of nitrogens with zero attached hydrogens (tertiary/aromatic N) is 1. The summed E-state index contributed by atoms with van der Waals surface area (Å²) in [6.07, 6.45) is 6.66. The second-order valence-electron chi connectivity index (χ2n) is 3.94. The van der Waals surface area contributed by atoms with E-state index in [1.165, 1.54) is 25.7 Å². The zero-order valence-electron chi connectivity index (χ0n) is 8.66. The highest BCUT2D eigenvalue weighted by Gasteiger charge is 2.16. The van der Waals surface area contributed by atoms with Gasteiger partial charge in [0.25, 0.3) is 0 Å². The third-order valence-electron chi connectivity index (χ3n) is 2.79. The first-order valence-corrected chi connectivity index (χ1v) is 5.33. The first-order valence-electron chi connectivity index (χ1n) is 5.33. The summed E-state index contributed by atoms with van der Waals surface area (Å²) in [6, 6.07) is 4.13. The van der Waals surface area contributed by atoms with Crippen molar-refractivity contribution in [3.8, 4) is 0 Å². The molecule has 0 aliphatic heterocycles. The summed E-state index contributed by atoms with van der Waals surface area (Å²) < 4.78 is 0. The third kappa shape index (κ3) is 2.26. The summed E-state index contributed by atoms with van der Waals surface area (Å²) in [5, 5.41) is 10.8. The lowest BCUT2D eigenvalue weighted by Crippen LogP contribution is -2.20. The Morgan fingerprint density at radius 1 is 1.47 bits per heavy atom. The van der Waals surface area contributed by atoms with Crippen molar-refractivity contribution < 1.29 is 0 Å². The number of aromatic nitrogens is 1. The molecular formula is C11H16N4. The van der Waals surface area contributed by atoms with Crippen molar-refractivity contribution in [2.75, 3.05) is 5.32 Å². The van der Waals surface area contributed by atoms with Gasteiger partial charge in [-0.3, -0.25) is 5.41 Å². The molecule has 0 saturated heterocycles. The molecule has 4 heteroatoms. The Kier molecular flexibility index (Phi) is 2.85. The van der Waals surface area contributed by atoms with Crippen molar-refractivity contribution in [2.45, 2.75) is 31.7 Å². The summed E-state index contributed by atoms with van der Waals surface area (Å²) in [7, 11) is 0. The van der Waals surface area contributed by atoms with Crippen LogP contribution in [0.4, 0.5) is 5.82 Å². The van der Waals surface area contributed by atoms with Crippen molar-refractivity contribution in [3.05, 3.63) is 23.9 Å². The summed E-state index contributed by atoms with van der Waals surface area (Å²) in [5.41, 5.74) is 6.19. The third-order valence-corrected chi connectivity index (χ3v) is 2.79. The van der Waals surface area contributed by atoms with Gasteiger partial charge >= 0.3 is 0 Å². The van der Waals surface area contributed by atoms with Gasteiger partial charge in [0.15, 0.2) is 0 Å². The van der Waals surface area contributed by atoms with Gasteiger partial charge in [0.1, 0.15) is 11.7 Å². The van der Waals surface area contributed by atoms with Crippen molar-refractivity contribution in [3.63, 3.8) is 0 Å². The molecular weight excluding hydrogens is 188 g/mol. The molecule has 1 aliphatic carbocycles. The van der Waals surface area contributed by atoms with E-state index in [0.717, 1.165) is 5.82 Å². The van der Waals surface area contributed by atoms with Crippen LogP contribution in [0.5, 0.6) is 0 Å². The highest BCUT2D eigenvalue weighted by Crippen LogP contribution is 2.22. The fraction of sp³-hybridized carbons (Fsp3) is 0.455. The average Bonchev–Trinajstić information content (AvgIpc) is 2.71. The molecule has 1 aromatic rings. The summed E-state index contributed by atoms with van der Waals surface area (Å²) in [6.45, 7) is 0. The van der Waals surface area contributed by atoms with Gasteiger partial charge in [0.05, 0.1) is 5.56 Å². The Morgan fingerprint density at radius 2 is 2.20 bits per heavy atom. The molecule has 4 N–H and O–H groups in total. The molecule has 1 fully saturated rings. The zero-order valence-corrected chi connectivity index (χ0v) is 8.66. The standard InChI is InChI=1S/C11H16N4/c12-10(13)9-6-3-7-14-11(9)15-8-4-1-2-5-8/h3,6-8H,1-2,4-5H2,(H3,12,13)(H,14,15). The molecule has 80 valence electrons. The van der Waals surface area contributed by atoms with Crippen LogP contribution >= 0.6 is 0 Å². The molecule has 1 saturated carbocycles. The SMILES string of the molecule is N=C(N)c1cccnc1NC1CCCC1. The lowest BCUT2D eigenvalue weighted by atomic mass is 10.2. The van der Waals surface area contributed by atoms with Gasteiger partial charge in [-0.25, -0.2) is 4.98 Å². The Balaban J connectivity index is 2.15. The highest BCUT2D eigenvalue weighted by atomic mass is 15.0. The van der Waals surface area contributed by atoms with Crippen molar-refractivity contribution >= 4 is 11.7 Å². The van der Waals surface area contributed by atoms with E-state index >= 15 is 0 Å². The number of hydrogen-bond donors (Lipinski definition) is 3. The molecule has 1 heterocycles. The summed E-state index contributed by atoms with van der Waals surface area (Å²) >= 11 is 0. The Bertz CT molecular complexity index is 355. The Hall–Kier alpha value is -1.58. The van der Waals surface area contributed by atoms with Gasteiger partial charge in [-0.05, 0) is 25.0 Å². The van der Waals surface area contributed by atoms with Crippen LogP contribution in [-0.4, -0.2) is 16.9 Å². The number of amidine groups is 1. The number of anilines is 1. The minimum Gasteiger partial charge on any atom is -0.384 e. The number of nitrogen functional groups attached to an aromatic ring is 1. The molecule has 1 aromatic heterocycles. The maximum atomic E-state index is 7.45. The van der Waals surface area contributed by atoms with Crippen LogP contribution < -0.4 is 11.1 Å². The molecule has 15 heavy (non-hydrogen) atoms. The first-order chi connectivity index (χ1) is 7.27. The van der Waals surface area contributed by atoms with Crippen molar-refractivity contribution in [2.24, 2.45) is 5.73 Å². The normalized spacial score (nSPS) is 16.5. The number of rotatable bonds is 3. The van der Waals surface area contributed by atoms with E-state index in [2.05, 4.69) is 10.3 Å². The quantitative estimate of drug-likeness (QED) is 0.518. The second-order valence-corrected chi connectivity index (χ2v) is 3.94. The van der Waals surface area contributed by atoms with Crippen molar-refractivity contribution in [1.29, 1.82) is 5.41 Å². The van der Waals surface area contributed by atoms with Gasteiger partial charge in [-0.15, -0.1) is 0 Å². The van der Waals surface area contributed by atoms with E-state index in [0.29, 0.717) is 11.6 Å². The minimum absolute atomic E-state index is 0.0728. The van der Waals surface area contributed by atoms with E-state index in [1.54, 1.807) is 12.3 Å². The molecule has 0 bridgehead atoms. The number of hydrogen-bond acceptors (Lipinski definition) is 3. The number of pyridine rings is 1. The van der Waals surface area contributed by atoms with Crippen LogP contribution in [0.15, 0.2) is 18.3 Å². The summed E-state index contributed by atoms with van der Waals surface area (Å²) in [4.78, 5) is 4.23. The molecule has 1 aliphatic rings. The molecule has 0 amide bonds. The molecule has 0 atom stereocenters. The number of nitrogens with two attached hydrogens (primary N) is 1. The monoisotopic (exact) mass is 204 g/mol. The van der Waals surface area contributed by atoms with E-state index < -0.39 is 0 Å². The van der Waals surface area contributed by atoms with E-state index in [9.17, 15) is 0 Å². The van der Waals surface area contributed by atoms with Crippen LogP contribution in [0.1, 0.15) is 31.2 Å². The fourth-order valence-electron chi connectivity index (χ4n) is 2.00. The molecule has 0 aromatic carbocycles. The average molecular weight is 204 g/mol. The van der Waals surface area contributed by atoms with E-state index in [-0.39, 0.29) is 5.84 Å². The number of nitrogens with one attached hydrogen (secondary N) is 2. The van der Waals surface area contributed by atoms with Crippen molar-refractivity contribution in [1.82, 2.24) is 4.98 Å². The molecule has 2 rings (SSSR count). The second kappa shape index (κ2) is 4.29. The fourth-order valence-corrected chi connectivity index (χ4v) is 2.00. The zero-order chi connectivity index (χ0) is 10.7. The smallest absolute Gasteiger partial charge is 0.137 e. The lowest BCUT2D eigenvalue weighted by molar-refractivity contribution is 0.750. The minimum atomic E-state index is 0.0728.